The average Bonchev–Trinajstić information content (AvgIpc) is 2.82. The van der Waals surface area contributed by atoms with E-state index in [4.69, 9.17) is 5.73 Å². The molecule has 1 aromatic carbocycles. The minimum atomic E-state index is -0.412. The van der Waals surface area contributed by atoms with Gasteiger partial charge in [-0.3, -0.25) is 4.79 Å². The van der Waals surface area contributed by atoms with Crippen molar-refractivity contribution in [2.45, 2.75) is 46.2 Å². The molecule has 1 amide bonds. The quantitative estimate of drug-likeness (QED) is 0.890. The SMILES string of the molecule is Cc1cc(C(=O)NC(C)(C)CN)c(C)n1C(C)c1ccccc1. The van der Waals surface area contributed by atoms with Crippen molar-refractivity contribution >= 4 is 5.91 Å². The number of hydrogen-bond acceptors (Lipinski definition) is 2. The maximum atomic E-state index is 12.6. The van der Waals surface area contributed by atoms with Crippen molar-refractivity contribution < 1.29 is 4.79 Å². The largest absolute Gasteiger partial charge is 0.346 e. The Morgan fingerprint density at radius 1 is 1.26 bits per heavy atom. The molecule has 2 aromatic rings. The Morgan fingerprint density at radius 3 is 2.43 bits per heavy atom. The summed E-state index contributed by atoms with van der Waals surface area (Å²) in [7, 11) is 0. The molecule has 0 aliphatic rings. The Balaban J connectivity index is 2.35. The summed E-state index contributed by atoms with van der Waals surface area (Å²) in [6.45, 7) is 10.4. The first-order valence-corrected chi connectivity index (χ1v) is 8.03. The molecule has 1 heterocycles. The van der Waals surface area contributed by atoms with Gasteiger partial charge in [0.1, 0.15) is 0 Å². The van der Waals surface area contributed by atoms with Crippen LogP contribution in [-0.4, -0.2) is 22.6 Å². The van der Waals surface area contributed by atoms with Gasteiger partial charge < -0.3 is 15.6 Å². The zero-order valence-electron chi connectivity index (χ0n) is 14.7. The van der Waals surface area contributed by atoms with Gasteiger partial charge in [0.05, 0.1) is 11.6 Å². The second kappa shape index (κ2) is 6.59. The van der Waals surface area contributed by atoms with Crippen molar-refractivity contribution in [2.75, 3.05) is 6.54 Å². The number of nitrogens with two attached hydrogens (primary N) is 1. The first-order valence-electron chi connectivity index (χ1n) is 8.03. The normalized spacial score (nSPS) is 13.0. The van der Waals surface area contributed by atoms with Gasteiger partial charge in [-0.2, -0.15) is 0 Å². The highest BCUT2D eigenvalue weighted by molar-refractivity contribution is 5.96. The van der Waals surface area contributed by atoms with Crippen LogP contribution < -0.4 is 11.1 Å². The second-order valence-electron chi connectivity index (χ2n) is 6.78. The van der Waals surface area contributed by atoms with Crippen LogP contribution in [0.1, 0.15) is 54.1 Å². The van der Waals surface area contributed by atoms with E-state index in [2.05, 4.69) is 28.9 Å². The van der Waals surface area contributed by atoms with Crippen molar-refractivity contribution in [1.29, 1.82) is 0 Å². The number of carbonyl (C=O) groups excluding carboxylic acids is 1. The molecule has 1 aromatic heterocycles. The van der Waals surface area contributed by atoms with E-state index in [0.717, 1.165) is 11.4 Å². The third kappa shape index (κ3) is 3.64. The molecular weight excluding hydrogens is 286 g/mol. The van der Waals surface area contributed by atoms with E-state index in [0.29, 0.717) is 12.1 Å². The Kier molecular flexibility index (Phi) is 4.95. The first kappa shape index (κ1) is 17.3. The van der Waals surface area contributed by atoms with Crippen LogP contribution in [0.5, 0.6) is 0 Å². The molecule has 0 radical (unpaired) electrons. The minimum absolute atomic E-state index is 0.0694. The molecule has 4 nitrogen and oxygen atoms in total. The Labute approximate surface area is 138 Å². The van der Waals surface area contributed by atoms with Crippen molar-refractivity contribution in [2.24, 2.45) is 5.73 Å². The summed E-state index contributed by atoms with van der Waals surface area (Å²) >= 11 is 0. The molecule has 1 atom stereocenters. The van der Waals surface area contributed by atoms with E-state index in [-0.39, 0.29) is 11.9 Å². The van der Waals surface area contributed by atoms with E-state index < -0.39 is 5.54 Å². The summed E-state index contributed by atoms with van der Waals surface area (Å²) in [5, 5.41) is 3.01. The van der Waals surface area contributed by atoms with Gasteiger partial charge in [0, 0.05) is 23.5 Å². The van der Waals surface area contributed by atoms with Crippen molar-refractivity contribution in [3.05, 3.63) is 58.9 Å². The third-order valence-corrected chi connectivity index (χ3v) is 4.36. The van der Waals surface area contributed by atoms with Crippen LogP contribution in [0, 0.1) is 13.8 Å². The van der Waals surface area contributed by atoms with Crippen LogP contribution >= 0.6 is 0 Å². The maximum Gasteiger partial charge on any atom is 0.253 e. The van der Waals surface area contributed by atoms with Crippen LogP contribution in [0.25, 0.3) is 0 Å². The Hall–Kier alpha value is -2.07. The topological polar surface area (TPSA) is 60.1 Å². The fourth-order valence-corrected chi connectivity index (χ4v) is 2.91. The summed E-state index contributed by atoms with van der Waals surface area (Å²) in [5.41, 5.74) is 9.29. The highest BCUT2D eigenvalue weighted by Gasteiger charge is 2.24. The van der Waals surface area contributed by atoms with E-state index in [1.165, 1.54) is 5.56 Å². The summed E-state index contributed by atoms with van der Waals surface area (Å²) in [6.07, 6.45) is 0. The number of hydrogen-bond donors (Lipinski definition) is 2. The van der Waals surface area contributed by atoms with Gasteiger partial charge in [0.25, 0.3) is 5.91 Å². The van der Waals surface area contributed by atoms with Gasteiger partial charge in [-0.15, -0.1) is 0 Å². The molecular formula is C19H27N3O. The average molecular weight is 313 g/mol. The minimum Gasteiger partial charge on any atom is -0.346 e. The van der Waals surface area contributed by atoms with Crippen LogP contribution in [0.15, 0.2) is 36.4 Å². The molecule has 0 spiro atoms. The molecule has 0 aliphatic heterocycles. The van der Waals surface area contributed by atoms with Crippen molar-refractivity contribution in [3.63, 3.8) is 0 Å². The van der Waals surface area contributed by atoms with Gasteiger partial charge in [0.15, 0.2) is 0 Å². The standard InChI is InChI=1S/C19H27N3O/c1-13-11-17(18(23)21-19(4,5)12-20)15(3)22(13)14(2)16-9-7-6-8-10-16/h6-11,14H,12,20H2,1-5H3,(H,21,23). The molecule has 0 fully saturated rings. The molecule has 23 heavy (non-hydrogen) atoms. The van der Waals surface area contributed by atoms with E-state index in [9.17, 15) is 4.79 Å². The fourth-order valence-electron chi connectivity index (χ4n) is 2.91. The van der Waals surface area contributed by atoms with Crippen LogP contribution in [0.4, 0.5) is 0 Å². The number of carbonyl (C=O) groups is 1. The predicted octanol–water partition coefficient (Wildman–Crippen LogP) is 3.18. The third-order valence-electron chi connectivity index (χ3n) is 4.36. The number of aryl methyl sites for hydroxylation is 1. The molecule has 0 saturated heterocycles. The molecule has 0 saturated carbocycles. The molecule has 4 heteroatoms. The van der Waals surface area contributed by atoms with Gasteiger partial charge in [-0.05, 0) is 46.2 Å². The van der Waals surface area contributed by atoms with Gasteiger partial charge in [-0.1, -0.05) is 30.3 Å². The zero-order valence-corrected chi connectivity index (χ0v) is 14.7. The number of rotatable bonds is 5. The summed E-state index contributed by atoms with van der Waals surface area (Å²) in [4.78, 5) is 12.6. The molecule has 3 N–H and O–H groups in total. The molecule has 1 unspecified atom stereocenters. The second-order valence-corrected chi connectivity index (χ2v) is 6.78. The number of aromatic nitrogens is 1. The monoisotopic (exact) mass is 313 g/mol. The highest BCUT2D eigenvalue weighted by Crippen LogP contribution is 2.25. The van der Waals surface area contributed by atoms with Gasteiger partial charge >= 0.3 is 0 Å². The Bertz CT molecular complexity index is 686. The lowest BCUT2D eigenvalue weighted by atomic mass is 10.1. The fraction of sp³-hybridized carbons (Fsp3) is 0.421. The Morgan fingerprint density at radius 2 is 1.87 bits per heavy atom. The van der Waals surface area contributed by atoms with E-state index >= 15 is 0 Å². The molecule has 124 valence electrons. The summed E-state index contributed by atoms with van der Waals surface area (Å²) < 4.78 is 2.21. The van der Waals surface area contributed by atoms with Crippen molar-refractivity contribution in [1.82, 2.24) is 9.88 Å². The maximum absolute atomic E-state index is 12.6. The predicted molar refractivity (Wildman–Crippen MR) is 94.8 cm³/mol. The number of benzene rings is 1. The number of nitrogens with one attached hydrogen (secondary N) is 1. The van der Waals surface area contributed by atoms with Crippen LogP contribution in [0.2, 0.25) is 0 Å². The summed E-state index contributed by atoms with van der Waals surface area (Å²) in [6, 6.07) is 12.5. The van der Waals surface area contributed by atoms with Crippen LogP contribution in [-0.2, 0) is 0 Å². The molecule has 0 bridgehead atoms. The lowest BCUT2D eigenvalue weighted by Gasteiger charge is -2.24. The highest BCUT2D eigenvalue weighted by atomic mass is 16.1. The van der Waals surface area contributed by atoms with E-state index in [1.54, 1.807) is 0 Å². The van der Waals surface area contributed by atoms with Crippen molar-refractivity contribution in [3.8, 4) is 0 Å². The van der Waals surface area contributed by atoms with Crippen LogP contribution in [0.3, 0.4) is 0 Å². The van der Waals surface area contributed by atoms with E-state index in [1.807, 2.05) is 52.0 Å². The zero-order chi connectivity index (χ0) is 17.2. The number of amides is 1. The first-order chi connectivity index (χ1) is 10.8. The lowest BCUT2D eigenvalue weighted by molar-refractivity contribution is 0.0915. The lowest BCUT2D eigenvalue weighted by Crippen LogP contribution is -2.48. The van der Waals surface area contributed by atoms with Gasteiger partial charge in [0.2, 0.25) is 0 Å². The molecule has 0 aliphatic carbocycles. The van der Waals surface area contributed by atoms with Gasteiger partial charge in [-0.25, -0.2) is 0 Å². The number of nitrogens with zero attached hydrogens (tertiary/aromatic N) is 1. The molecule has 2 rings (SSSR count). The summed E-state index contributed by atoms with van der Waals surface area (Å²) in [5.74, 6) is -0.0694. The smallest absolute Gasteiger partial charge is 0.253 e.